The third-order valence-corrected chi connectivity index (χ3v) is 6.08. The number of amides is 1. The Bertz CT molecular complexity index is 702. The number of benzene rings is 1. The summed E-state index contributed by atoms with van der Waals surface area (Å²) in [4.78, 5) is 12.4. The Kier molecular flexibility index (Phi) is 6.51. The molecule has 1 saturated heterocycles. The van der Waals surface area contributed by atoms with Crippen LogP contribution in [0.15, 0.2) is 34.3 Å². The van der Waals surface area contributed by atoms with E-state index in [2.05, 4.69) is 10.5 Å². The van der Waals surface area contributed by atoms with Gasteiger partial charge < -0.3 is 0 Å². The van der Waals surface area contributed by atoms with Crippen LogP contribution in [-0.2, 0) is 10.0 Å². The van der Waals surface area contributed by atoms with Crippen molar-refractivity contribution in [1.29, 1.82) is 0 Å². The van der Waals surface area contributed by atoms with E-state index in [-0.39, 0.29) is 4.90 Å². The van der Waals surface area contributed by atoms with Crippen LogP contribution < -0.4 is 5.43 Å². The van der Waals surface area contributed by atoms with Gasteiger partial charge >= 0.3 is 0 Å². The van der Waals surface area contributed by atoms with Gasteiger partial charge in [0.05, 0.1) is 4.90 Å². The largest absolute Gasteiger partial charge is 0.271 e. The summed E-state index contributed by atoms with van der Waals surface area (Å²) in [7, 11) is -3.54. The Balaban J connectivity index is 2.19. The van der Waals surface area contributed by atoms with E-state index in [1.54, 1.807) is 12.1 Å². The van der Waals surface area contributed by atoms with E-state index in [4.69, 9.17) is 0 Å². The highest BCUT2D eigenvalue weighted by molar-refractivity contribution is 7.89. The third kappa shape index (κ3) is 4.42. The maximum atomic E-state index is 12.7. The molecule has 6 nitrogen and oxygen atoms in total. The maximum absolute atomic E-state index is 12.7. The smallest absolute Gasteiger partial charge is 0.267 e. The molecule has 2 rings (SSSR count). The van der Waals surface area contributed by atoms with Crippen molar-refractivity contribution < 1.29 is 13.2 Å². The Labute approximate surface area is 144 Å². The van der Waals surface area contributed by atoms with Crippen molar-refractivity contribution in [3.63, 3.8) is 0 Å². The van der Waals surface area contributed by atoms with Crippen molar-refractivity contribution in [3.8, 4) is 0 Å². The van der Waals surface area contributed by atoms with Gasteiger partial charge in [0.1, 0.15) is 0 Å². The molecule has 7 heteroatoms. The molecule has 0 aromatic heterocycles. The average molecular weight is 351 g/mol. The lowest BCUT2D eigenvalue weighted by molar-refractivity contribution is 0.0954. The first-order chi connectivity index (χ1) is 11.5. The lowest BCUT2D eigenvalue weighted by Gasteiger charge is -2.25. The standard InChI is InChI=1S/C17H25N3O3S/c1-3-15(4-2)18-19-17(21)14-9-8-10-16(13-14)24(22,23)20-11-6-5-7-12-20/h8-10,13H,3-7,11-12H2,1-2H3,(H,19,21). The highest BCUT2D eigenvalue weighted by atomic mass is 32.2. The van der Waals surface area contributed by atoms with Gasteiger partial charge in [0.2, 0.25) is 10.0 Å². The van der Waals surface area contributed by atoms with Gasteiger partial charge in [-0.3, -0.25) is 4.79 Å². The zero-order valence-electron chi connectivity index (χ0n) is 14.3. The number of carbonyl (C=O) groups excluding carboxylic acids is 1. The molecule has 0 saturated carbocycles. The van der Waals surface area contributed by atoms with Crippen LogP contribution in [0.1, 0.15) is 56.3 Å². The molecule has 132 valence electrons. The molecule has 1 N–H and O–H groups in total. The minimum atomic E-state index is -3.54. The van der Waals surface area contributed by atoms with Gasteiger partial charge in [0, 0.05) is 24.4 Å². The zero-order chi connectivity index (χ0) is 17.6. The van der Waals surface area contributed by atoms with Gasteiger partial charge in [-0.1, -0.05) is 26.3 Å². The van der Waals surface area contributed by atoms with Crippen LogP contribution in [0.5, 0.6) is 0 Å². The third-order valence-electron chi connectivity index (χ3n) is 4.18. The molecule has 1 aromatic carbocycles. The van der Waals surface area contributed by atoms with Crippen LogP contribution in [0.25, 0.3) is 0 Å². The summed E-state index contributed by atoms with van der Waals surface area (Å²) in [6.45, 7) is 5.03. The highest BCUT2D eigenvalue weighted by Crippen LogP contribution is 2.21. The molecular formula is C17H25N3O3S. The van der Waals surface area contributed by atoms with E-state index >= 15 is 0 Å². The van der Waals surface area contributed by atoms with E-state index in [0.29, 0.717) is 18.7 Å². The molecule has 1 aliphatic rings. The van der Waals surface area contributed by atoms with Gasteiger partial charge in [0.25, 0.3) is 5.91 Å². The molecule has 0 spiro atoms. The second-order valence-corrected chi connectivity index (χ2v) is 7.76. The van der Waals surface area contributed by atoms with Gasteiger partial charge in [0.15, 0.2) is 0 Å². The Morgan fingerprint density at radius 3 is 2.46 bits per heavy atom. The quantitative estimate of drug-likeness (QED) is 0.632. The SMILES string of the molecule is CCC(CC)=NNC(=O)c1cccc(S(=O)(=O)N2CCCCC2)c1. The van der Waals surface area contributed by atoms with Crippen molar-refractivity contribution in [2.75, 3.05) is 13.1 Å². The number of rotatable bonds is 6. The average Bonchev–Trinajstić information content (AvgIpc) is 2.63. The fraction of sp³-hybridized carbons (Fsp3) is 0.529. The Hall–Kier alpha value is -1.73. The van der Waals surface area contributed by atoms with E-state index in [9.17, 15) is 13.2 Å². The Morgan fingerprint density at radius 1 is 1.17 bits per heavy atom. The van der Waals surface area contributed by atoms with E-state index in [1.807, 2.05) is 13.8 Å². The summed E-state index contributed by atoms with van der Waals surface area (Å²) in [5, 5.41) is 4.08. The molecule has 24 heavy (non-hydrogen) atoms. The number of sulfonamides is 1. The molecule has 0 aliphatic carbocycles. The van der Waals surface area contributed by atoms with Crippen molar-refractivity contribution in [2.24, 2.45) is 5.10 Å². The normalized spacial score (nSPS) is 15.8. The van der Waals surface area contributed by atoms with Crippen LogP contribution in [0, 0.1) is 0 Å². The lowest BCUT2D eigenvalue weighted by atomic mass is 10.2. The topological polar surface area (TPSA) is 78.8 Å². The second-order valence-electron chi connectivity index (χ2n) is 5.82. The van der Waals surface area contributed by atoms with Crippen molar-refractivity contribution in [3.05, 3.63) is 29.8 Å². The van der Waals surface area contributed by atoms with Crippen molar-refractivity contribution in [2.45, 2.75) is 50.8 Å². The summed E-state index contributed by atoms with van der Waals surface area (Å²) in [5.74, 6) is -0.398. The maximum Gasteiger partial charge on any atom is 0.271 e. The fourth-order valence-electron chi connectivity index (χ4n) is 2.65. The number of nitrogens with zero attached hydrogens (tertiary/aromatic N) is 2. The fourth-order valence-corrected chi connectivity index (χ4v) is 4.22. The lowest BCUT2D eigenvalue weighted by Crippen LogP contribution is -2.35. The van der Waals surface area contributed by atoms with Crippen LogP contribution in [0.3, 0.4) is 0 Å². The molecule has 1 fully saturated rings. The first kappa shape index (κ1) is 18.6. The van der Waals surface area contributed by atoms with Crippen LogP contribution in [0.4, 0.5) is 0 Å². The molecule has 0 bridgehead atoms. The molecule has 1 amide bonds. The van der Waals surface area contributed by atoms with E-state index < -0.39 is 15.9 Å². The highest BCUT2D eigenvalue weighted by Gasteiger charge is 2.26. The summed E-state index contributed by atoms with van der Waals surface area (Å²) >= 11 is 0. The number of hydrogen-bond donors (Lipinski definition) is 1. The Morgan fingerprint density at radius 2 is 1.83 bits per heavy atom. The summed E-state index contributed by atoms with van der Waals surface area (Å²) in [5.41, 5.74) is 3.68. The van der Waals surface area contributed by atoms with Crippen LogP contribution in [-0.4, -0.2) is 37.4 Å². The van der Waals surface area contributed by atoms with Gasteiger partial charge in [-0.25, -0.2) is 13.8 Å². The summed E-state index contributed by atoms with van der Waals surface area (Å²) in [6.07, 6.45) is 4.35. The monoisotopic (exact) mass is 351 g/mol. The number of piperidine rings is 1. The minimum absolute atomic E-state index is 0.159. The molecule has 1 aliphatic heterocycles. The number of hydrogen-bond acceptors (Lipinski definition) is 4. The predicted molar refractivity (Wildman–Crippen MR) is 94.5 cm³/mol. The molecule has 0 unspecified atom stereocenters. The molecular weight excluding hydrogens is 326 g/mol. The van der Waals surface area contributed by atoms with Crippen molar-refractivity contribution >= 4 is 21.6 Å². The molecule has 1 heterocycles. The van der Waals surface area contributed by atoms with E-state index in [1.165, 1.54) is 16.4 Å². The molecule has 0 atom stereocenters. The summed E-state index contributed by atoms with van der Waals surface area (Å²) in [6, 6.07) is 6.15. The summed E-state index contributed by atoms with van der Waals surface area (Å²) < 4.78 is 26.9. The van der Waals surface area contributed by atoms with E-state index in [0.717, 1.165) is 37.8 Å². The van der Waals surface area contributed by atoms with Crippen molar-refractivity contribution in [1.82, 2.24) is 9.73 Å². The van der Waals surface area contributed by atoms with Crippen LogP contribution in [0.2, 0.25) is 0 Å². The van der Waals surface area contributed by atoms with Crippen LogP contribution >= 0.6 is 0 Å². The number of carbonyl (C=O) groups is 1. The second kappa shape index (κ2) is 8.39. The van der Waals surface area contributed by atoms with Gasteiger partial charge in [-0.05, 0) is 43.9 Å². The zero-order valence-corrected chi connectivity index (χ0v) is 15.1. The predicted octanol–water partition coefficient (Wildman–Crippen LogP) is 2.77. The molecule has 1 aromatic rings. The van der Waals surface area contributed by atoms with Gasteiger partial charge in [-0.2, -0.15) is 9.41 Å². The molecule has 0 radical (unpaired) electrons. The first-order valence-corrected chi connectivity index (χ1v) is 9.89. The minimum Gasteiger partial charge on any atom is -0.267 e. The number of nitrogens with one attached hydrogen (secondary N) is 1. The first-order valence-electron chi connectivity index (χ1n) is 8.45. The van der Waals surface area contributed by atoms with Gasteiger partial charge in [-0.15, -0.1) is 0 Å². The number of hydrazone groups is 1.